The van der Waals surface area contributed by atoms with Crippen molar-refractivity contribution in [3.05, 3.63) is 83.9 Å². The lowest BCUT2D eigenvalue weighted by Crippen LogP contribution is -2.29. The number of methoxy groups -OCH3 is 2. The maximum atomic E-state index is 10.8. The molecular weight excluding hydrogens is 384 g/mol. The summed E-state index contributed by atoms with van der Waals surface area (Å²) < 4.78 is 22.4. The number of para-hydroxylation sites is 2. The third kappa shape index (κ3) is 5.23. The van der Waals surface area contributed by atoms with Gasteiger partial charge in [-0.3, -0.25) is 0 Å². The number of hydrogen-bond donors (Lipinski definition) is 2. The monoisotopic (exact) mass is 410 g/mol. The van der Waals surface area contributed by atoms with Gasteiger partial charge < -0.3 is 29.2 Å². The molecule has 3 aromatic carbocycles. The summed E-state index contributed by atoms with van der Waals surface area (Å²) in [5, 5.41) is 20.6. The van der Waals surface area contributed by atoms with Crippen LogP contribution in [-0.4, -0.2) is 37.1 Å². The topological polar surface area (TPSA) is 77.4 Å². The zero-order valence-electron chi connectivity index (χ0n) is 17.0. The second-order valence-corrected chi connectivity index (χ2v) is 6.62. The Labute approximate surface area is 176 Å². The Hall–Kier alpha value is -3.22. The molecule has 6 heteroatoms. The molecule has 0 saturated carbocycles. The average molecular weight is 410 g/mol. The smallest absolute Gasteiger partial charge is 0.161 e. The quantitative estimate of drug-likeness (QED) is 0.530. The largest absolute Gasteiger partial charge is 0.493 e. The minimum Gasteiger partial charge on any atom is -0.493 e. The summed E-state index contributed by atoms with van der Waals surface area (Å²) in [6, 6.07) is 22.0. The summed E-state index contributed by atoms with van der Waals surface area (Å²) in [6.45, 7) is 0.0169. The number of aliphatic hydroxyl groups excluding tert-OH is 2. The first-order valence-corrected chi connectivity index (χ1v) is 9.59. The summed E-state index contributed by atoms with van der Waals surface area (Å²) >= 11 is 0. The van der Waals surface area contributed by atoms with Crippen molar-refractivity contribution in [1.29, 1.82) is 0 Å². The third-order valence-electron chi connectivity index (χ3n) is 4.65. The fourth-order valence-corrected chi connectivity index (χ4v) is 3.02. The first-order valence-electron chi connectivity index (χ1n) is 9.59. The highest BCUT2D eigenvalue weighted by Crippen LogP contribution is 2.34. The normalized spacial score (nSPS) is 12.7. The summed E-state index contributed by atoms with van der Waals surface area (Å²) in [5.74, 6) is 2.00. The second-order valence-electron chi connectivity index (χ2n) is 6.62. The van der Waals surface area contributed by atoms with E-state index < -0.39 is 12.2 Å². The maximum absolute atomic E-state index is 10.8. The van der Waals surface area contributed by atoms with E-state index in [4.69, 9.17) is 18.9 Å². The van der Waals surface area contributed by atoms with Crippen LogP contribution in [0.25, 0.3) is 0 Å². The van der Waals surface area contributed by atoms with E-state index in [1.807, 2.05) is 36.4 Å². The molecule has 3 rings (SSSR count). The summed E-state index contributed by atoms with van der Waals surface area (Å²) in [6.07, 6.45) is -1.97. The van der Waals surface area contributed by atoms with Crippen LogP contribution in [-0.2, 0) is 6.61 Å². The van der Waals surface area contributed by atoms with E-state index in [2.05, 4.69) is 0 Å². The van der Waals surface area contributed by atoms with Crippen LogP contribution in [0.2, 0.25) is 0 Å². The highest BCUT2D eigenvalue weighted by molar-refractivity contribution is 5.44. The Morgan fingerprint density at radius 2 is 1.43 bits per heavy atom. The number of aliphatic hydroxyl groups is 2. The number of ether oxygens (including phenoxy) is 4. The Bertz CT molecular complexity index is 928. The molecule has 0 aliphatic heterocycles. The molecule has 0 aliphatic rings. The average Bonchev–Trinajstić information content (AvgIpc) is 2.81. The highest BCUT2D eigenvalue weighted by Gasteiger charge is 2.24. The number of hydrogen-bond acceptors (Lipinski definition) is 6. The van der Waals surface area contributed by atoms with Gasteiger partial charge >= 0.3 is 0 Å². The van der Waals surface area contributed by atoms with Crippen LogP contribution in [0, 0.1) is 0 Å². The van der Waals surface area contributed by atoms with E-state index in [9.17, 15) is 10.2 Å². The van der Waals surface area contributed by atoms with Crippen LogP contribution in [0.3, 0.4) is 0 Å². The van der Waals surface area contributed by atoms with Crippen LogP contribution in [0.5, 0.6) is 23.0 Å². The van der Waals surface area contributed by atoms with Gasteiger partial charge in [-0.05, 0) is 35.4 Å². The summed E-state index contributed by atoms with van der Waals surface area (Å²) in [5.41, 5.74) is 1.57. The molecule has 158 valence electrons. The van der Waals surface area contributed by atoms with Gasteiger partial charge in [0.15, 0.2) is 29.1 Å². The standard InChI is InChI=1S/C24H26O6/c1-27-19-10-6-7-11-21(19)30-23(15-25)24(26)18-12-13-20(22(14-18)28-2)29-16-17-8-4-3-5-9-17/h3-14,23-26H,15-16H2,1-2H3/t23-,24-/m0/s1. The molecule has 0 fully saturated rings. The lowest BCUT2D eigenvalue weighted by atomic mass is 10.0. The molecule has 0 aromatic heterocycles. The Morgan fingerprint density at radius 1 is 0.767 bits per heavy atom. The van der Waals surface area contributed by atoms with Crippen LogP contribution in [0.1, 0.15) is 17.2 Å². The highest BCUT2D eigenvalue weighted by atomic mass is 16.5. The van der Waals surface area contributed by atoms with Crippen molar-refractivity contribution in [3.63, 3.8) is 0 Å². The van der Waals surface area contributed by atoms with Crippen molar-refractivity contribution in [2.75, 3.05) is 20.8 Å². The molecule has 0 radical (unpaired) electrons. The fourth-order valence-electron chi connectivity index (χ4n) is 3.02. The molecule has 0 saturated heterocycles. The van der Waals surface area contributed by atoms with Crippen molar-refractivity contribution in [3.8, 4) is 23.0 Å². The fraction of sp³-hybridized carbons (Fsp3) is 0.250. The van der Waals surface area contributed by atoms with Gasteiger partial charge in [0.1, 0.15) is 12.7 Å². The third-order valence-corrected chi connectivity index (χ3v) is 4.65. The SMILES string of the molecule is COc1cc([C@H](O)[C@H](CO)Oc2ccccc2OC)ccc1OCc1ccccc1. The predicted octanol–water partition coefficient (Wildman–Crippen LogP) is 3.76. The first kappa shape index (κ1) is 21.5. The Balaban J connectivity index is 1.74. The predicted molar refractivity (Wildman–Crippen MR) is 113 cm³/mol. The minimum atomic E-state index is -1.09. The zero-order valence-corrected chi connectivity index (χ0v) is 17.0. The van der Waals surface area contributed by atoms with Gasteiger partial charge in [0.05, 0.1) is 20.8 Å². The molecule has 0 spiro atoms. The van der Waals surface area contributed by atoms with Gasteiger partial charge in [-0.1, -0.05) is 48.5 Å². The summed E-state index contributed by atoms with van der Waals surface area (Å²) in [7, 11) is 3.07. The maximum Gasteiger partial charge on any atom is 0.161 e. The molecule has 6 nitrogen and oxygen atoms in total. The van der Waals surface area contributed by atoms with Gasteiger partial charge in [-0.2, -0.15) is 0 Å². The zero-order chi connectivity index (χ0) is 21.3. The van der Waals surface area contributed by atoms with E-state index in [1.54, 1.807) is 36.4 Å². The molecule has 2 atom stereocenters. The van der Waals surface area contributed by atoms with Gasteiger partial charge in [0.25, 0.3) is 0 Å². The van der Waals surface area contributed by atoms with E-state index >= 15 is 0 Å². The van der Waals surface area contributed by atoms with Crippen molar-refractivity contribution in [1.82, 2.24) is 0 Å². The first-order chi connectivity index (χ1) is 14.7. The van der Waals surface area contributed by atoms with Crippen molar-refractivity contribution in [2.45, 2.75) is 18.8 Å². The van der Waals surface area contributed by atoms with Crippen LogP contribution < -0.4 is 18.9 Å². The number of benzene rings is 3. The molecule has 30 heavy (non-hydrogen) atoms. The second kappa shape index (κ2) is 10.5. The minimum absolute atomic E-state index is 0.381. The summed E-state index contributed by atoms with van der Waals surface area (Å²) in [4.78, 5) is 0. The lowest BCUT2D eigenvalue weighted by Gasteiger charge is -2.24. The Kier molecular flexibility index (Phi) is 7.54. The molecule has 0 heterocycles. The van der Waals surface area contributed by atoms with Crippen molar-refractivity contribution in [2.24, 2.45) is 0 Å². The van der Waals surface area contributed by atoms with Crippen molar-refractivity contribution >= 4 is 0 Å². The van der Waals surface area contributed by atoms with Crippen LogP contribution in [0.15, 0.2) is 72.8 Å². The molecule has 0 bridgehead atoms. The van der Waals surface area contributed by atoms with E-state index in [1.165, 1.54) is 14.2 Å². The number of rotatable bonds is 10. The van der Waals surface area contributed by atoms with E-state index in [-0.39, 0.29) is 6.61 Å². The molecule has 0 unspecified atom stereocenters. The van der Waals surface area contributed by atoms with E-state index in [0.29, 0.717) is 35.2 Å². The van der Waals surface area contributed by atoms with Crippen LogP contribution in [0.4, 0.5) is 0 Å². The molecular formula is C24H26O6. The van der Waals surface area contributed by atoms with Crippen molar-refractivity contribution < 1.29 is 29.2 Å². The van der Waals surface area contributed by atoms with Gasteiger partial charge in [-0.15, -0.1) is 0 Å². The lowest BCUT2D eigenvalue weighted by molar-refractivity contribution is -0.000523. The van der Waals surface area contributed by atoms with E-state index in [0.717, 1.165) is 5.56 Å². The molecule has 0 amide bonds. The van der Waals surface area contributed by atoms with Gasteiger partial charge in [0, 0.05) is 0 Å². The molecule has 3 aromatic rings. The molecule has 0 aliphatic carbocycles. The van der Waals surface area contributed by atoms with Gasteiger partial charge in [-0.25, -0.2) is 0 Å². The van der Waals surface area contributed by atoms with Crippen LogP contribution >= 0.6 is 0 Å². The Morgan fingerprint density at radius 3 is 2.10 bits per heavy atom. The van der Waals surface area contributed by atoms with Gasteiger partial charge in [0.2, 0.25) is 0 Å². The molecule has 2 N–H and O–H groups in total.